The van der Waals surface area contributed by atoms with Gasteiger partial charge in [-0.05, 0) is 48.6 Å². The van der Waals surface area contributed by atoms with Crippen LogP contribution in [-0.4, -0.2) is 33.9 Å². The molecular weight excluding hydrogens is 330 g/mol. The number of fused-ring (bicyclic) bond motifs is 1. The molecule has 3 rings (SSSR count). The maximum atomic E-state index is 12.3. The van der Waals surface area contributed by atoms with E-state index in [2.05, 4.69) is 14.9 Å². The highest BCUT2D eigenvalue weighted by molar-refractivity contribution is 7.07. The Bertz CT molecular complexity index is 830. The van der Waals surface area contributed by atoms with Crippen LogP contribution in [0.5, 0.6) is 0 Å². The van der Waals surface area contributed by atoms with E-state index in [9.17, 15) is 14.4 Å². The number of ether oxygens (including phenoxy) is 1. The second-order valence-corrected chi connectivity index (χ2v) is 6.17. The van der Waals surface area contributed by atoms with Gasteiger partial charge in [0.2, 0.25) is 5.91 Å². The minimum Gasteiger partial charge on any atom is -0.453 e. The topological polar surface area (TPSA) is 98.2 Å². The Morgan fingerprint density at radius 1 is 1.38 bits per heavy atom. The summed E-state index contributed by atoms with van der Waals surface area (Å²) >= 11 is 0.954. The predicted octanol–water partition coefficient (Wildman–Crippen LogP) is 2.20. The second kappa shape index (κ2) is 6.48. The summed E-state index contributed by atoms with van der Waals surface area (Å²) in [6.45, 7) is 3.27. The quantitative estimate of drug-likeness (QED) is 0.659. The number of aryl methyl sites for hydroxylation is 1. The number of carbonyl (C=O) groups excluding carboxylic acids is 3. The smallest absolute Gasteiger partial charge is 0.352 e. The Hall–Kier alpha value is -2.61. The SMILES string of the molecule is CCc1nnsc1C(=O)OCC(=O)c1ccc2c(c1)[C@H](C)C(=O)N2. The van der Waals surface area contributed by atoms with Crippen molar-refractivity contribution in [2.75, 3.05) is 11.9 Å². The van der Waals surface area contributed by atoms with Gasteiger partial charge in [0.05, 0.1) is 11.6 Å². The Labute approximate surface area is 142 Å². The molecule has 0 aliphatic carbocycles. The molecule has 1 aromatic heterocycles. The number of amides is 1. The maximum absolute atomic E-state index is 12.3. The van der Waals surface area contributed by atoms with E-state index < -0.39 is 5.97 Å². The van der Waals surface area contributed by atoms with Gasteiger partial charge in [0.1, 0.15) is 0 Å². The number of nitrogens with zero attached hydrogens (tertiary/aromatic N) is 2. The molecule has 2 aromatic rings. The van der Waals surface area contributed by atoms with Crippen molar-refractivity contribution < 1.29 is 19.1 Å². The first-order valence-electron chi connectivity index (χ1n) is 7.47. The Kier molecular flexibility index (Phi) is 4.39. The van der Waals surface area contributed by atoms with E-state index in [4.69, 9.17) is 4.74 Å². The maximum Gasteiger partial charge on any atom is 0.352 e. The molecule has 0 saturated carbocycles. The number of benzene rings is 1. The highest BCUT2D eigenvalue weighted by atomic mass is 32.1. The van der Waals surface area contributed by atoms with Crippen LogP contribution >= 0.6 is 11.5 Å². The average Bonchev–Trinajstić information content (AvgIpc) is 3.17. The van der Waals surface area contributed by atoms with E-state index in [1.165, 1.54) is 0 Å². The number of Topliss-reactive ketones (excluding diaryl/α,β-unsaturated/α-hetero) is 1. The zero-order valence-corrected chi connectivity index (χ0v) is 14.0. The lowest BCUT2D eigenvalue weighted by atomic mass is 9.99. The summed E-state index contributed by atoms with van der Waals surface area (Å²) in [5, 5.41) is 6.59. The lowest BCUT2D eigenvalue weighted by Gasteiger charge is -2.06. The zero-order chi connectivity index (χ0) is 17.3. The molecule has 7 nitrogen and oxygen atoms in total. The molecule has 124 valence electrons. The van der Waals surface area contributed by atoms with Gasteiger partial charge in [-0.1, -0.05) is 11.4 Å². The molecule has 1 atom stereocenters. The summed E-state index contributed by atoms with van der Waals surface area (Å²) in [6, 6.07) is 4.97. The van der Waals surface area contributed by atoms with Crippen LogP contribution in [0.25, 0.3) is 0 Å². The van der Waals surface area contributed by atoms with Gasteiger partial charge in [0, 0.05) is 11.3 Å². The van der Waals surface area contributed by atoms with E-state index in [0.29, 0.717) is 28.2 Å². The summed E-state index contributed by atoms with van der Waals surface area (Å²) in [4.78, 5) is 36.2. The molecule has 1 aliphatic rings. The van der Waals surface area contributed by atoms with Crippen molar-refractivity contribution >= 4 is 34.9 Å². The minimum atomic E-state index is -0.596. The molecular formula is C16H15N3O4S. The Balaban J connectivity index is 1.68. The second-order valence-electron chi connectivity index (χ2n) is 5.41. The number of ketones is 1. The van der Waals surface area contributed by atoms with E-state index in [1.54, 1.807) is 25.1 Å². The number of rotatable bonds is 5. The number of aromatic nitrogens is 2. The third-order valence-corrected chi connectivity index (χ3v) is 4.65. The minimum absolute atomic E-state index is 0.0918. The van der Waals surface area contributed by atoms with Crippen LogP contribution in [0.4, 0.5) is 5.69 Å². The predicted molar refractivity (Wildman–Crippen MR) is 87.4 cm³/mol. The van der Waals surface area contributed by atoms with Gasteiger partial charge in [0.25, 0.3) is 0 Å². The van der Waals surface area contributed by atoms with Crippen LogP contribution in [0.1, 0.15) is 51.1 Å². The molecule has 0 fully saturated rings. The molecule has 1 N–H and O–H groups in total. The third kappa shape index (κ3) is 2.92. The van der Waals surface area contributed by atoms with Crippen molar-refractivity contribution in [2.45, 2.75) is 26.2 Å². The van der Waals surface area contributed by atoms with Gasteiger partial charge in [-0.3, -0.25) is 9.59 Å². The van der Waals surface area contributed by atoms with Crippen LogP contribution in [0.2, 0.25) is 0 Å². The number of carbonyl (C=O) groups is 3. The number of esters is 1. The summed E-state index contributed by atoms with van der Waals surface area (Å²) in [5.74, 6) is -1.31. The third-order valence-electron chi connectivity index (χ3n) is 3.90. The van der Waals surface area contributed by atoms with Crippen molar-refractivity contribution in [1.82, 2.24) is 9.59 Å². The standard InChI is InChI=1S/C16H15N3O4S/c1-3-11-14(24-19-18-11)16(22)23-7-13(20)9-4-5-12-10(6-9)8(2)15(21)17-12/h4-6,8H,3,7H2,1-2H3,(H,17,21)/t8-/m0/s1. The van der Waals surface area contributed by atoms with Crippen LogP contribution in [0.15, 0.2) is 18.2 Å². The van der Waals surface area contributed by atoms with Gasteiger partial charge in [0.15, 0.2) is 17.3 Å². The summed E-state index contributed by atoms with van der Waals surface area (Å²) in [6.07, 6.45) is 0.568. The average molecular weight is 345 g/mol. The fourth-order valence-corrected chi connectivity index (χ4v) is 3.11. The van der Waals surface area contributed by atoms with Crippen LogP contribution in [0.3, 0.4) is 0 Å². The first-order valence-corrected chi connectivity index (χ1v) is 8.25. The molecule has 0 unspecified atom stereocenters. The molecule has 0 bridgehead atoms. The van der Waals surface area contributed by atoms with Crippen LogP contribution in [0, 0.1) is 0 Å². The molecule has 24 heavy (non-hydrogen) atoms. The van der Waals surface area contributed by atoms with Crippen molar-refractivity contribution in [3.05, 3.63) is 39.9 Å². The first-order chi connectivity index (χ1) is 11.5. The zero-order valence-electron chi connectivity index (χ0n) is 13.2. The molecule has 1 aromatic carbocycles. The van der Waals surface area contributed by atoms with Crippen LogP contribution in [-0.2, 0) is 16.0 Å². The Morgan fingerprint density at radius 2 is 2.17 bits per heavy atom. The lowest BCUT2D eigenvalue weighted by Crippen LogP contribution is -2.14. The summed E-state index contributed by atoms with van der Waals surface area (Å²) in [5.41, 5.74) is 2.46. The lowest BCUT2D eigenvalue weighted by molar-refractivity contribution is -0.116. The number of nitrogens with one attached hydrogen (secondary N) is 1. The van der Waals surface area contributed by atoms with Crippen LogP contribution < -0.4 is 5.32 Å². The van der Waals surface area contributed by atoms with Gasteiger partial charge in [-0.2, -0.15) is 0 Å². The molecule has 8 heteroatoms. The van der Waals surface area contributed by atoms with Gasteiger partial charge in [-0.25, -0.2) is 4.79 Å². The number of hydrogen-bond donors (Lipinski definition) is 1. The molecule has 1 amide bonds. The number of anilines is 1. The number of hydrogen-bond acceptors (Lipinski definition) is 7. The van der Waals surface area contributed by atoms with Crippen molar-refractivity contribution in [3.63, 3.8) is 0 Å². The van der Waals surface area contributed by atoms with Crippen molar-refractivity contribution in [3.8, 4) is 0 Å². The highest BCUT2D eigenvalue weighted by Crippen LogP contribution is 2.32. The van der Waals surface area contributed by atoms with Crippen molar-refractivity contribution in [2.24, 2.45) is 0 Å². The Morgan fingerprint density at radius 3 is 2.92 bits per heavy atom. The molecule has 0 saturated heterocycles. The van der Waals surface area contributed by atoms with Gasteiger partial charge >= 0.3 is 5.97 Å². The summed E-state index contributed by atoms with van der Waals surface area (Å²) in [7, 11) is 0. The van der Waals surface area contributed by atoms with Gasteiger partial charge in [-0.15, -0.1) is 5.10 Å². The monoisotopic (exact) mass is 345 g/mol. The fourth-order valence-electron chi connectivity index (χ4n) is 2.47. The summed E-state index contributed by atoms with van der Waals surface area (Å²) < 4.78 is 8.79. The highest BCUT2D eigenvalue weighted by Gasteiger charge is 2.27. The van der Waals surface area contributed by atoms with E-state index in [1.807, 2.05) is 6.92 Å². The van der Waals surface area contributed by atoms with E-state index in [-0.39, 0.29) is 24.2 Å². The van der Waals surface area contributed by atoms with Gasteiger partial charge < -0.3 is 10.1 Å². The molecule has 0 radical (unpaired) electrons. The fraction of sp³-hybridized carbons (Fsp3) is 0.312. The normalized spacial score (nSPS) is 15.8. The molecule has 1 aliphatic heterocycles. The van der Waals surface area contributed by atoms with E-state index >= 15 is 0 Å². The largest absolute Gasteiger partial charge is 0.453 e. The first kappa shape index (κ1) is 16.3. The molecule has 0 spiro atoms. The van der Waals surface area contributed by atoms with Crippen molar-refractivity contribution in [1.29, 1.82) is 0 Å². The molecule has 2 heterocycles. The van der Waals surface area contributed by atoms with E-state index in [0.717, 1.165) is 17.1 Å².